The molecule has 0 saturated carbocycles. The van der Waals surface area contributed by atoms with Gasteiger partial charge in [-0.15, -0.1) is 0 Å². The van der Waals surface area contributed by atoms with E-state index in [0.717, 1.165) is 0 Å². The maximum atomic E-state index is 12.2. The van der Waals surface area contributed by atoms with Crippen molar-refractivity contribution in [3.8, 4) is 0 Å². The summed E-state index contributed by atoms with van der Waals surface area (Å²) in [6.07, 6.45) is 0. The molecule has 0 spiro atoms. The first-order valence-electron chi connectivity index (χ1n) is 6.56. The van der Waals surface area contributed by atoms with Crippen LogP contribution in [-0.4, -0.2) is 34.1 Å². The maximum Gasteiger partial charge on any atom is 0.257 e. The number of fused-ring (bicyclic) bond motifs is 1. The summed E-state index contributed by atoms with van der Waals surface area (Å²) >= 11 is 7.24. The smallest absolute Gasteiger partial charge is 0.257 e. The largest absolute Gasteiger partial charge is 0.431 e. The lowest BCUT2D eigenvalue weighted by atomic mass is 10.3. The van der Waals surface area contributed by atoms with Crippen LogP contribution in [0.1, 0.15) is 20.8 Å². The highest BCUT2D eigenvalue weighted by molar-refractivity contribution is 8.00. The van der Waals surface area contributed by atoms with Crippen molar-refractivity contribution in [1.82, 2.24) is 9.88 Å². The molecule has 0 radical (unpaired) electrons. The second kappa shape index (κ2) is 6.50. The summed E-state index contributed by atoms with van der Waals surface area (Å²) in [6.45, 7) is 7.24. The molecule has 0 fully saturated rings. The van der Waals surface area contributed by atoms with Crippen LogP contribution in [0, 0.1) is 0 Å². The molecule has 4 nitrogen and oxygen atoms in total. The van der Waals surface area contributed by atoms with Crippen LogP contribution < -0.4 is 0 Å². The third-order valence-electron chi connectivity index (χ3n) is 3.03. The third-order valence-corrected chi connectivity index (χ3v) is 4.20. The van der Waals surface area contributed by atoms with E-state index >= 15 is 0 Å². The number of oxazole rings is 1. The molecular formula is C14H17ClN2O2S. The molecule has 0 aliphatic heterocycles. The third kappa shape index (κ3) is 3.27. The van der Waals surface area contributed by atoms with Crippen molar-refractivity contribution in [2.24, 2.45) is 0 Å². The predicted octanol–water partition coefficient (Wildman–Crippen LogP) is 3.83. The Kier molecular flexibility index (Phi) is 4.94. The van der Waals surface area contributed by atoms with E-state index in [-0.39, 0.29) is 11.2 Å². The van der Waals surface area contributed by atoms with E-state index < -0.39 is 0 Å². The van der Waals surface area contributed by atoms with Gasteiger partial charge in [-0.3, -0.25) is 4.79 Å². The van der Waals surface area contributed by atoms with Crippen LogP contribution in [-0.2, 0) is 4.79 Å². The minimum absolute atomic E-state index is 0.0975. The van der Waals surface area contributed by atoms with Gasteiger partial charge in [0.25, 0.3) is 5.22 Å². The number of nitrogens with zero attached hydrogens (tertiary/aromatic N) is 2. The van der Waals surface area contributed by atoms with E-state index in [9.17, 15) is 4.79 Å². The Bertz CT molecular complexity index is 610. The maximum absolute atomic E-state index is 12.2. The zero-order chi connectivity index (χ0) is 14.7. The van der Waals surface area contributed by atoms with Gasteiger partial charge < -0.3 is 9.32 Å². The number of carbonyl (C=O) groups is 1. The predicted molar refractivity (Wildman–Crippen MR) is 82.3 cm³/mol. The van der Waals surface area contributed by atoms with Gasteiger partial charge in [-0.2, -0.15) is 0 Å². The van der Waals surface area contributed by atoms with Gasteiger partial charge in [-0.1, -0.05) is 23.4 Å². The fraction of sp³-hybridized carbons (Fsp3) is 0.429. The van der Waals surface area contributed by atoms with Crippen molar-refractivity contribution in [3.05, 3.63) is 23.2 Å². The van der Waals surface area contributed by atoms with Gasteiger partial charge in [0.05, 0.1) is 5.25 Å². The van der Waals surface area contributed by atoms with E-state index in [1.807, 2.05) is 20.8 Å². The molecule has 1 aromatic heterocycles. The van der Waals surface area contributed by atoms with Gasteiger partial charge in [-0.05, 0) is 39.0 Å². The van der Waals surface area contributed by atoms with Crippen molar-refractivity contribution in [3.63, 3.8) is 0 Å². The van der Waals surface area contributed by atoms with E-state index in [2.05, 4.69) is 4.98 Å². The van der Waals surface area contributed by atoms with Crippen LogP contribution >= 0.6 is 23.4 Å². The number of carbonyl (C=O) groups excluding carboxylic acids is 1. The molecule has 1 atom stereocenters. The Morgan fingerprint density at radius 3 is 2.80 bits per heavy atom. The molecule has 0 N–H and O–H groups in total. The number of amides is 1. The topological polar surface area (TPSA) is 46.3 Å². The van der Waals surface area contributed by atoms with Gasteiger partial charge >= 0.3 is 0 Å². The molecule has 6 heteroatoms. The van der Waals surface area contributed by atoms with Crippen molar-refractivity contribution in [2.75, 3.05) is 13.1 Å². The molecule has 0 aliphatic carbocycles. The molecule has 0 bridgehead atoms. The van der Waals surface area contributed by atoms with Gasteiger partial charge in [0.2, 0.25) is 5.91 Å². The normalized spacial score (nSPS) is 12.6. The van der Waals surface area contributed by atoms with Gasteiger partial charge in [-0.25, -0.2) is 4.98 Å². The number of hydrogen-bond donors (Lipinski definition) is 0. The highest BCUT2D eigenvalue weighted by Crippen LogP contribution is 2.28. The Morgan fingerprint density at radius 2 is 2.15 bits per heavy atom. The molecule has 1 unspecified atom stereocenters. The second-order valence-corrected chi connectivity index (χ2v) is 6.09. The Morgan fingerprint density at radius 1 is 1.45 bits per heavy atom. The summed E-state index contributed by atoms with van der Waals surface area (Å²) < 4.78 is 5.61. The lowest BCUT2D eigenvalue weighted by Crippen LogP contribution is -2.36. The molecule has 0 saturated heterocycles. The van der Waals surface area contributed by atoms with Gasteiger partial charge in [0.15, 0.2) is 5.58 Å². The van der Waals surface area contributed by atoms with Crippen LogP contribution in [0.5, 0.6) is 0 Å². The molecule has 0 aliphatic rings. The highest BCUT2D eigenvalue weighted by atomic mass is 35.5. The second-order valence-electron chi connectivity index (χ2n) is 4.36. The Labute approximate surface area is 127 Å². The average Bonchev–Trinajstić information content (AvgIpc) is 2.81. The molecule has 108 valence electrons. The van der Waals surface area contributed by atoms with E-state index in [0.29, 0.717) is 34.4 Å². The fourth-order valence-corrected chi connectivity index (χ4v) is 2.93. The molecule has 2 aromatic rings. The van der Waals surface area contributed by atoms with Gasteiger partial charge in [0.1, 0.15) is 5.52 Å². The summed E-state index contributed by atoms with van der Waals surface area (Å²) in [6, 6.07) is 5.29. The van der Waals surface area contributed by atoms with Crippen LogP contribution in [0.3, 0.4) is 0 Å². The summed E-state index contributed by atoms with van der Waals surface area (Å²) in [4.78, 5) is 18.3. The Hall–Kier alpha value is -1.20. The first-order chi connectivity index (χ1) is 9.55. The van der Waals surface area contributed by atoms with Crippen LogP contribution in [0.2, 0.25) is 5.02 Å². The first-order valence-corrected chi connectivity index (χ1v) is 7.82. The fourth-order valence-electron chi connectivity index (χ4n) is 1.92. The standard InChI is InChI=1S/C14H17ClN2O2S/c1-4-17(5-2)13(18)9(3)20-14-16-11-8-10(15)6-7-12(11)19-14/h6-9H,4-5H2,1-3H3. The van der Waals surface area contributed by atoms with Crippen LogP contribution in [0.15, 0.2) is 27.8 Å². The minimum atomic E-state index is -0.224. The monoisotopic (exact) mass is 312 g/mol. The van der Waals surface area contributed by atoms with Crippen LogP contribution in [0.25, 0.3) is 11.1 Å². The number of rotatable bonds is 5. The summed E-state index contributed by atoms with van der Waals surface area (Å²) in [7, 11) is 0. The zero-order valence-corrected chi connectivity index (χ0v) is 13.3. The summed E-state index contributed by atoms with van der Waals surface area (Å²) in [5, 5.41) is 0.892. The quantitative estimate of drug-likeness (QED) is 0.787. The summed E-state index contributed by atoms with van der Waals surface area (Å²) in [5.74, 6) is 0.0975. The average molecular weight is 313 g/mol. The highest BCUT2D eigenvalue weighted by Gasteiger charge is 2.21. The lowest BCUT2D eigenvalue weighted by molar-refractivity contribution is -0.129. The van der Waals surface area contributed by atoms with Crippen molar-refractivity contribution >= 4 is 40.4 Å². The van der Waals surface area contributed by atoms with E-state index in [1.165, 1.54) is 11.8 Å². The number of hydrogen-bond acceptors (Lipinski definition) is 4. The molecule has 1 amide bonds. The number of thioether (sulfide) groups is 1. The number of aromatic nitrogens is 1. The molecule has 1 heterocycles. The number of halogens is 1. The zero-order valence-electron chi connectivity index (χ0n) is 11.7. The Balaban J connectivity index is 2.13. The van der Waals surface area contributed by atoms with Gasteiger partial charge in [0, 0.05) is 18.1 Å². The molecule has 1 aromatic carbocycles. The lowest BCUT2D eigenvalue weighted by Gasteiger charge is -2.21. The van der Waals surface area contributed by atoms with Crippen molar-refractivity contribution < 1.29 is 9.21 Å². The minimum Gasteiger partial charge on any atom is -0.431 e. The number of benzene rings is 1. The SMILES string of the molecule is CCN(CC)C(=O)C(C)Sc1nc2cc(Cl)ccc2o1. The molecule has 20 heavy (non-hydrogen) atoms. The van der Waals surface area contributed by atoms with Crippen molar-refractivity contribution in [2.45, 2.75) is 31.2 Å². The summed E-state index contributed by atoms with van der Waals surface area (Å²) in [5.41, 5.74) is 1.39. The first kappa shape index (κ1) is 15.2. The molecule has 2 rings (SSSR count). The molecular weight excluding hydrogens is 296 g/mol. The van der Waals surface area contributed by atoms with E-state index in [4.69, 9.17) is 16.0 Å². The van der Waals surface area contributed by atoms with Crippen molar-refractivity contribution in [1.29, 1.82) is 0 Å². The van der Waals surface area contributed by atoms with Crippen LogP contribution in [0.4, 0.5) is 0 Å². The van der Waals surface area contributed by atoms with E-state index in [1.54, 1.807) is 23.1 Å².